The van der Waals surface area contributed by atoms with Crippen LogP contribution in [0.25, 0.3) is 0 Å². The summed E-state index contributed by atoms with van der Waals surface area (Å²) >= 11 is 0. The fourth-order valence-corrected chi connectivity index (χ4v) is 4.74. The highest BCUT2D eigenvalue weighted by molar-refractivity contribution is 5.74. The monoisotopic (exact) mass is 356 g/mol. The third kappa shape index (κ3) is 2.98. The number of hydrogen-bond acceptors (Lipinski definition) is 5. The van der Waals surface area contributed by atoms with Crippen molar-refractivity contribution in [1.29, 1.82) is 0 Å². The lowest BCUT2D eigenvalue weighted by atomic mass is 9.94. The zero-order valence-corrected chi connectivity index (χ0v) is 14.7. The molecule has 2 bridgehead atoms. The van der Waals surface area contributed by atoms with Gasteiger partial charge in [0.15, 0.2) is 6.10 Å². The predicted molar refractivity (Wildman–Crippen MR) is 93.2 cm³/mol. The van der Waals surface area contributed by atoms with E-state index in [9.17, 15) is 4.79 Å². The second kappa shape index (κ2) is 6.80. The summed E-state index contributed by atoms with van der Waals surface area (Å²) in [5, 5.41) is 0. The van der Waals surface area contributed by atoms with Crippen LogP contribution < -0.4 is 0 Å². The molecule has 26 heavy (non-hydrogen) atoms. The maximum absolute atomic E-state index is 12.6. The Morgan fingerprint density at radius 2 is 1.77 bits per heavy atom. The standard InChI is InChI=1S/C21H24O5/c22-21(16-9-14-6-7-15(16)8-14)26-18-12-25-19-17(11-24-20(18)19)23-10-13-4-2-1-3-5-13/h1-7,14-20H,8-12H2/t14-,15+,16-,17-,18-,19-,20-/m1/s1. The molecule has 0 aromatic heterocycles. The Morgan fingerprint density at radius 1 is 1.00 bits per heavy atom. The van der Waals surface area contributed by atoms with E-state index in [0.29, 0.717) is 31.7 Å². The SMILES string of the molecule is O=C(O[C@@H]1CO[C@H]2[C@@H]1OC[C@H]2OCc1ccccc1)[C@@H]1C[C@@H]2C=C[C@H]1C2. The summed E-state index contributed by atoms with van der Waals surface area (Å²) in [4.78, 5) is 12.6. The first-order valence-electron chi connectivity index (χ1n) is 9.55. The van der Waals surface area contributed by atoms with Crippen LogP contribution >= 0.6 is 0 Å². The van der Waals surface area contributed by atoms with Crippen molar-refractivity contribution in [3.8, 4) is 0 Å². The van der Waals surface area contributed by atoms with E-state index < -0.39 is 0 Å². The van der Waals surface area contributed by atoms with E-state index in [2.05, 4.69) is 12.2 Å². The maximum atomic E-state index is 12.6. The van der Waals surface area contributed by atoms with Gasteiger partial charge in [0, 0.05) is 0 Å². The fourth-order valence-electron chi connectivity index (χ4n) is 4.74. The zero-order chi connectivity index (χ0) is 17.5. The summed E-state index contributed by atoms with van der Waals surface area (Å²) in [5.41, 5.74) is 1.13. The van der Waals surface area contributed by atoms with Gasteiger partial charge in [0.05, 0.1) is 25.7 Å². The molecule has 0 spiro atoms. The third-order valence-electron chi connectivity index (χ3n) is 6.12. The lowest BCUT2D eigenvalue weighted by molar-refractivity contribution is -0.159. The zero-order valence-electron chi connectivity index (χ0n) is 14.7. The Balaban J connectivity index is 1.15. The van der Waals surface area contributed by atoms with E-state index in [0.717, 1.165) is 18.4 Å². The minimum absolute atomic E-state index is 0.00980. The topological polar surface area (TPSA) is 54.0 Å². The van der Waals surface area contributed by atoms with Gasteiger partial charge in [-0.15, -0.1) is 0 Å². The highest BCUT2D eigenvalue weighted by Crippen LogP contribution is 2.44. The molecule has 1 aromatic rings. The van der Waals surface area contributed by atoms with Crippen molar-refractivity contribution in [2.45, 2.75) is 43.9 Å². The normalized spacial score (nSPS) is 40.1. The lowest BCUT2D eigenvalue weighted by Crippen LogP contribution is -2.36. The Kier molecular flexibility index (Phi) is 4.31. The average Bonchev–Trinajstić information content (AvgIpc) is 3.44. The van der Waals surface area contributed by atoms with Gasteiger partial charge < -0.3 is 18.9 Å². The van der Waals surface area contributed by atoms with Gasteiger partial charge in [-0.1, -0.05) is 42.5 Å². The lowest BCUT2D eigenvalue weighted by Gasteiger charge is -2.21. The van der Waals surface area contributed by atoms with Crippen molar-refractivity contribution in [3.63, 3.8) is 0 Å². The van der Waals surface area contributed by atoms with Crippen molar-refractivity contribution in [1.82, 2.24) is 0 Å². The molecule has 5 heteroatoms. The summed E-state index contributed by atoms with van der Waals surface area (Å²) in [6.07, 6.45) is 5.62. The Bertz CT molecular complexity index is 687. The van der Waals surface area contributed by atoms with Crippen molar-refractivity contribution < 1.29 is 23.7 Å². The van der Waals surface area contributed by atoms with Gasteiger partial charge in [0.1, 0.15) is 18.3 Å². The summed E-state index contributed by atoms with van der Waals surface area (Å²) < 4.78 is 23.5. The molecule has 2 aliphatic carbocycles. The number of esters is 1. The second-order valence-electron chi connectivity index (χ2n) is 7.79. The van der Waals surface area contributed by atoms with E-state index in [1.165, 1.54) is 0 Å². The molecule has 2 aliphatic heterocycles. The molecular weight excluding hydrogens is 332 g/mol. The summed E-state index contributed by atoms with van der Waals surface area (Å²) in [6, 6.07) is 10.1. The molecule has 0 amide bonds. The molecule has 5 rings (SSSR count). The largest absolute Gasteiger partial charge is 0.457 e. The molecule has 0 unspecified atom stereocenters. The van der Waals surface area contributed by atoms with Crippen LogP contribution in [0.2, 0.25) is 0 Å². The van der Waals surface area contributed by atoms with Crippen LogP contribution in [0.5, 0.6) is 0 Å². The molecule has 1 aromatic carbocycles. The number of allylic oxidation sites excluding steroid dienone is 2. The van der Waals surface area contributed by atoms with E-state index in [-0.39, 0.29) is 36.3 Å². The van der Waals surface area contributed by atoms with Crippen LogP contribution in [0.4, 0.5) is 0 Å². The first kappa shape index (κ1) is 16.5. The smallest absolute Gasteiger partial charge is 0.310 e. The molecular formula is C21H24O5. The summed E-state index contributed by atoms with van der Waals surface area (Å²) in [7, 11) is 0. The molecule has 7 atom stereocenters. The minimum Gasteiger partial charge on any atom is -0.457 e. The van der Waals surface area contributed by atoms with Gasteiger partial charge in [0.2, 0.25) is 0 Å². The minimum atomic E-state index is -0.319. The van der Waals surface area contributed by atoms with Gasteiger partial charge in [0.25, 0.3) is 0 Å². The fraction of sp³-hybridized carbons (Fsp3) is 0.571. The molecule has 0 N–H and O–H groups in total. The van der Waals surface area contributed by atoms with Gasteiger partial charge in [-0.25, -0.2) is 0 Å². The second-order valence-corrected chi connectivity index (χ2v) is 7.79. The van der Waals surface area contributed by atoms with Gasteiger partial charge in [-0.3, -0.25) is 4.79 Å². The van der Waals surface area contributed by atoms with Gasteiger partial charge in [-0.05, 0) is 30.2 Å². The number of carbonyl (C=O) groups excluding carboxylic acids is 1. The first-order chi connectivity index (χ1) is 12.8. The molecule has 2 heterocycles. The predicted octanol–water partition coefficient (Wildman–Crippen LogP) is 2.49. The van der Waals surface area contributed by atoms with Crippen molar-refractivity contribution in [3.05, 3.63) is 48.0 Å². The molecule has 138 valence electrons. The summed E-state index contributed by atoms with van der Waals surface area (Å²) in [5.74, 6) is 0.838. The van der Waals surface area contributed by atoms with Crippen molar-refractivity contribution in [2.24, 2.45) is 17.8 Å². The van der Waals surface area contributed by atoms with Crippen LogP contribution in [0.3, 0.4) is 0 Å². The molecule has 1 saturated carbocycles. The van der Waals surface area contributed by atoms with Crippen LogP contribution in [0.15, 0.2) is 42.5 Å². The van der Waals surface area contributed by atoms with Crippen LogP contribution in [0.1, 0.15) is 18.4 Å². The quantitative estimate of drug-likeness (QED) is 0.599. The number of hydrogen-bond donors (Lipinski definition) is 0. The van der Waals surface area contributed by atoms with E-state index >= 15 is 0 Å². The van der Waals surface area contributed by atoms with E-state index in [1.54, 1.807) is 0 Å². The highest BCUT2D eigenvalue weighted by atomic mass is 16.7. The van der Waals surface area contributed by atoms with E-state index in [4.69, 9.17) is 18.9 Å². The number of benzene rings is 1. The average molecular weight is 356 g/mol. The van der Waals surface area contributed by atoms with Gasteiger partial charge in [-0.2, -0.15) is 0 Å². The third-order valence-corrected chi connectivity index (χ3v) is 6.12. The molecule has 5 nitrogen and oxygen atoms in total. The Labute approximate surface area is 153 Å². The first-order valence-corrected chi connectivity index (χ1v) is 9.55. The van der Waals surface area contributed by atoms with Gasteiger partial charge >= 0.3 is 5.97 Å². The van der Waals surface area contributed by atoms with Crippen molar-refractivity contribution in [2.75, 3.05) is 13.2 Å². The molecule has 3 fully saturated rings. The molecule has 2 saturated heterocycles. The molecule has 0 radical (unpaired) electrons. The Hall–Kier alpha value is -1.69. The number of fused-ring (bicyclic) bond motifs is 3. The van der Waals surface area contributed by atoms with Crippen molar-refractivity contribution >= 4 is 5.97 Å². The summed E-state index contributed by atoms with van der Waals surface area (Å²) in [6.45, 7) is 1.40. The molecule has 4 aliphatic rings. The highest BCUT2D eigenvalue weighted by Gasteiger charge is 2.51. The van der Waals surface area contributed by atoms with Crippen LogP contribution in [0, 0.1) is 17.8 Å². The van der Waals surface area contributed by atoms with Crippen LogP contribution in [-0.4, -0.2) is 43.6 Å². The van der Waals surface area contributed by atoms with Crippen LogP contribution in [-0.2, 0) is 30.3 Å². The maximum Gasteiger partial charge on any atom is 0.310 e. The van der Waals surface area contributed by atoms with E-state index in [1.807, 2.05) is 30.3 Å². The number of carbonyl (C=O) groups is 1. The number of ether oxygens (including phenoxy) is 4. The number of rotatable bonds is 5. The Morgan fingerprint density at radius 3 is 2.50 bits per heavy atom.